The fourth-order valence-electron chi connectivity index (χ4n) is 3.71. The zero-order valence-corrected chi connectivity index (χ0v) is 18.0. The normalized spacial score (nSPS) is 14.2. The van der Waals surface area contributed by atoms with Gasteiger partial charge in [-0.05, 0) is 25.3 Å². The molecule has 2 amide bonds. The molecular weight excluding hydrogens is 445 g/mol. The molecule has 0 bridgehead atoms. The molecule has 0 radical (unpaired) electrons. The number of hydrogen-bond donors (Lipinski definition) is 2. The second kappa shape index (κ2) is 10.0. The minimum Gasteiger partial charge on any atom is -0.465 e. The summed E-state index contributed by atoms with van der Waals surface area (Å²) in [7, 11) is 2.13. The van der Waals surface area contributed by atoms with Crippen LogP contribution in [0.25, 0.3) is 0 Å². The second-order valence-corrected chi connectivity index (χ2v) is 7.32. The van der Waals surface area contributed by atoms with Gasteiger partial charge in [0.15, 0.2) is 6.10 Å². The van der Waals surface area contributed by atoms with E-state index in [-0.39, 0.29) is 29.1 Å². The molecule has 0 aliphatic carbocycles. The van der Waals surface area contributed by atoms with Crippen molar-refractivity contribution >= 4 is 23.5 Å². The van der Waals surface area contributed by atoms with Gasteiger partial charge in [-0.1, -0.05) is 18.2 Å². The lowest BCUT2D eigenvalue weighted by Gasteiger charge is -2.21. The lowest BCUT2D eigenvalue weighted by atomic mass is 10.0. The number of aromatic nitrogens is 2. The van der Waals surface area contributed by atoms with Crippen molar-refractivity contribution in [2.24, 2.45) is 0 Å². The van der Waals surface area contributed by atoms with E-state index >= 15 is 0 Å². The van der Waals surface area contributed by atoms with Crippen LogP contribution in [0.2, 0.25) is 0 Å². The first kappa shape index (κ1) is 24.2. The van der Waals surface area contributed by atoms with Crippen LogP contribution in [-0.4, -0.2) is 48.0 Å². The monoisotopic (exact) mass is 468 g/mol. The number of carbonyl (C=O) groups excluding carboxylic acids is 3. The zero-order valence-electron chi connectivity index (χ0n) is 18.0. The van der Waals surface area contributed by atoms with E-state index in [9.17, 15) is 27.6 Å². The number of hydrogen-bond acceptors (Lipinski definition) is 6. The number of nitrogens with one attached hydrogen (secondary N) is 2. The minimum absolute atomic E-state index is 0.213. The number of anilines is 1. The summed E-state index contributed by atoms with van der Waals surface area (Å²) in [6.45, 7) is 0.381. The van der Waals surface area contributed by atoms with E-state index in [1.165, 1.54) is 25.3 Å². The number of halogens is 3. The van der Waals surface area contributed by atoms with Crippen molar-refractivity contribution in [1.82, 2.24) is 15.1 Å². The first-order valence-corrected chi connectivity index (χ1v) is 10.1. The van der Waals surface area contributed by atoms with Crippen molar-refractivity contribution in [3.05, 3.63) is 46.8 Å². The van der Waals surface area contributed by atoms with Gasteiger partial charge in [0, 0.05) is 24.9 Å². The van der Waals surface area contributed by atoms with Gasteiger partial charge in [0.2, 0.25) is 0 Å². The summed E-state index contributed by atoms with van der Waals surface area (Å²) in [5.74, 6) is -2.88. The molecule has 2 aromatic rings. The number of ether oxygens (including phenoxy) is 2. The van der Waals surface area contributed by atoms with Crippen molar-refractivity contribution in [3.63, 3.8) is 0 Å². The fraction of sp³-hybridized carbons (Fsp3) is 0.429. The number of alkyl halides is 3. The molecule has 1 aliphatic heterocycles. The van der Waals surface area contributed by atoms with Crippen molar-refractivity contribution in [2.45, 2.75) is 44.6 Å². The number of rotatable bonds is 6. The number of carbonyl (C=O) groups is 3. The highest BCUT2D eigenvalue weighted by Crippen LogP contribution is 2.38. The Bertz CT molecular complexity index is 1050. The maximum absolute atomic E-state index is 13.3. The first-order valence-electron chi connectivity index (χ1n) is 10.1. The highest BCUT2D eigenvalue weighted by atomic mass is 19.4. The van der Waals surface area contributed by atoms with Crippen molar-refractivity contribution in [3.8, 4) is 0 Å². The van der Waals surface area contributed by atoms with Crippen LogP contribution in [0.3, 0.4) is 0 Å². The Morgan fingerprint density at radius 1 is 1.15 bits per heavy atom. The molecule has 1 unspecified atom stereocenters. The van der Waals surface area contributed by atoms with Gasteiger partial charge >= 0.3 is 24.0 Å². The molecule has 2 heterocycles. The number of benzene rings is 1. The molecule has 0 saturated carbocycles. The predicted molar refractivity (Wildman–Crippen MR) is 109 cm³/mol. The van der Waals surface area contributed by atoms with Gasteiger partial charge in [0.05, 0.1) is 25.0 Å². The fourth-order valence-corrected chi connectivity index (χ4v) is 3.71. The van der Waals surface area contributed by atoms with Gasteiger partial charge in [-0.25, -0.2) is 4.79 Å². The van der Waals surface area contributed by atoms with Gasteiger partial charge in [-0.15, -0.1) is 0 Å². The number of fused-ring (bicyclic) bond motifs is 1. The molecule has 1 aromatic carbocycles. The first-order chi connectivity index (χ1) is 15.7. The molecule has 178 valence electrons. The predicted octanol–water partition coefficient (Wildman–Crippen LogP) is 2.51. The third-order valence-electron chi connectivity index (χ3n) is 5.20. The van der Waals surface area contributed by atoms with Crippen molar-refractivity contribution in [1.29, 1.82) is 0 Å². The lowest BCUT2D eigenvalue weighted by Crippen LogP contribution is -2.36. The Hall–Kier alpha value is -3.41. The van der Waals surface area contributed by atoms with Crippen LogP contribution in [-0.2, 0) is 38.6 Å². The highest BCUT2D eigenvalue weighted by molar-refractivity contribution is 6.39. The molecule has 33 heavy (non-hydrogen) atoms. The number of amides is 2. The molecule has 2 N–H and O–H groups in total. The van der Waals surface area contributed by atoms with Gasteiger partial charge in [0.1, 0.15) is 5.56 Å². The molecule has 0 fully saturated rings. The molecule has 0 spiro atoms. The van der Waals surface area contributed by atoms with Gasteiger partial charge < -0.3 is 20.1 Å². The summed E-state index contributed by atoms with van der Waals surface area (Å²) >= 11 is 0. The Kier molecular flexibility index (Phi) is 7.36. The van der Waals surface area contributed by atoms with E-state index in [2.05, 4.69) is 20.5 Å². The summed E-state index contributed by atoms with van der Waals surface area (Å²) in [5.41, 5.74) is 0.639. The third-order valence-corrected chi connectivity index (χ3v) is 5.20. The second-order valence-electron chi connectivity index (χ2n) is 7.32. The number of methoxy groups -OCH3 is 2. The summed E-state index contributed by atoms with van der Waals surface area (Å²) in [6.07, 6.45) is -4.60. The molecule has 12 heteroatoms. The standard InChI is InChI=1S/C21H23F3N4O5/c1-32-17(21(22,23)24)12-7-3-4-8-13(12)26-19(30)18(29)25-11-14-16(20(31)33-2)15-9-5-6-10-28(15)27-14/h3-4,7-8,17H,5-6,9-11H2,1-2H3,(H,25,29)(H,26,30). The van der Waals surface area contributed by atoms with Gasteiger partial charge in [-0.3, -0.25) is 14.3 Å². The molecule has 3 rings (SSSR count). The molecule has 9 nitrogen and oxygen atoms in total. The van der Waals surface area contributed by atoms with E-state index in [1.807, 2.05) is 0 Å². The molecule has 1 atom stereocenters. The molecule has 1 aliphatic rings. The van der Waals surface area contributed by atoms with Crippen LogP contribution in [0.1, 0.15) is 46.3 Å². The van der Waals surface area contributed by atoms with Crippen LogP contribution in [0.15, 0.2) is 24.3 Å². The number of esters is 1. The zero-order chi connectivity index (χ0) is 24.2. The van der Waals surface area contributed by atoms with E-state index in [0.717, 1.165) is 26.0 Å². The maximum Gasteiger partial charge on any atom is 0.418 e. The topological polar surface area (TPSA) is 112 Å². The summed E-state index contributed by atoms with van der Waals surface area (Å²) in [5, 5.41) is 8.87. The van der Waals surface area contributed by atoms with Gasteiger partial charge in [-0.2, -0.15) is 18.3 Å². The molecule has 0 saturated heterocycles. The van der Waals surface area contributed by atoms with E-state index in [4.69, 9.17) is 4.74 Å². The minimum atomic E-state index is -4.72. The highest BCUT2D eigenvalue weighted by Gasteiger charge is 2.42. The Morgan fingerprint density at radius 2 is 1.88 bits per heavy atom. The van der Waals surface area contributed by atoms with E-state index in [0.29, 0.717) is 18.7 Å². The maximum atomic E-state index is 13.3. The Balaban J connectivity index is 1.73. The summed E-state index contributed by atoms with van der Waals surface area (Å²) < 4.78 is 50.8. The largest absolute Gasteiger partial charge is 0.465 e. The molecule has 1 aromatic heterocycles. The number of nitrogens with zero attached hydrogens (tertiary/aromatic N) is 2. The average Bonchev–Trinajstić information content (AvgIpc) is 3.16. The van der Waals surface area contributed by atoms with Crippen LogP contribution in [0.5, 0.6) is 0 Å². The Morgan fingerprint density at radius 3 is 2.55 bits per heavy atom. The summed E-state index contributed by atoms with van der Waals surface area (Å²) in [6, 6.07) is 5.15. The average molecular weight is 468 g/mol. The van der Waals surface area contributed by atoms with Gasteiger partial charge in [0.25, 0.3) is 0 Å². The lowest BCUT2D eigenvalue weighted by molar-refractivity contribution is -0.215. The number of para-hydroxylation sites is 1. The van der Waals surface area contributed by atoms with Crippen molar-refractivity contribution in [2.75, 3.05) is 19.5 Å². The SMILES string of the molecule is COC(=O)c1c(CNC(=O)C(=O)Nc2ccccc2C(OC)C(F)(F)F)nn2c1CCCC2. The van der Waals surface area contributed by atoms with Crippen LogP contribution < -0.4 is 10.6 Å². The van der Waals surface area contributed by atoms with E-state index in [1.54, 1.807) is 4.68 Å². The quantitative estimate of drug-likeness (QED) is 0.498. The summed E-state index contributed by atoms with van der Waals surface area (Å²) in [4.78, 5) is 36.9. The van der Waals surface area contributed by atoms with E-state index < -0.39 is 30.1 Å². The van der Waals surface area contributed by atoms with Crippen LogP contribution in [0, 0.1) is 0 Å². The number of aryl methyl sites for hydroxylation is 1. The Labute approximate surface area is 187 Å². The van der Waals surface area contributed by atoms with Crippen LogP contribution >= 0.6 is 0 Å². The van der Waals surface area contributed by atoms with Crippen LogP contribution in [0.4, 0.5) is 18.9 Å². The molecular formula is C21H23F3N4O5. The smallest absolute Gasteiger partial charge is 0.418 e. The third kappa shape index (κ3) is 5.33. The van der Waals surface area contributed by atoms with Crippen molar-refractivity contribution < 1.29 is 37.0 Å².